The quantitative estimate of drug-likeness (QED) is 0.812. The zero-order chi connectivity index (χ0) is 12.2. The molecule has 1 aromatic carbocycles. The summed E-state index contributed by atoms with van der Waals surface area (Å²) in [5, 5.41) is 7.48. The van der Waals surface area contributed by atoms with Crippen molar-refractivity contribution in [2.24, 2.45) is 5.73 Å². The van der Waals surface area contributed by atoms with E-state index in [0.29, 0.717) is 11.3 Å². The van der Waals surface area contributed by atoms with Crippen LogP contribution in [0.5, 0.6) is 0 Å². The Morgan fingerprint density at radius 2 is 2.12 bits per heavy atom. The van der Waals surface area contributed by atoms with Gasteiger partial charge in [0.2, 0.25) is 10.0 Å². The smallest absolute Gasteiger partial charge is 0.248 e. The first-order valence-corrected chi connectivity index (χ1v) is 6.25. The van der Waals surface area contributed by atoms with Gasteiger partial charge < -0.3 is 5.73 Å². The van der Waals surface area contributed by atoms with Gasteiger partial charge in [0.25, 0.3) is 0 Å². The number of sulfonamides is 1. The highest BCUT2D eigenvalue weighted by atomic mass is 32.2. The van der Waals surface area contributed by atoms with E-state index in [4.69, 9.17) is 11.0 Å². The Bertz CT molecular complexity index is 505. The van der Waals surface area contributed by atoms with Crippen LogP contribution < -0.4 is 10.5 Å². The molecule has 0 spiro atoms. The number of hydrogen-bond acceptors (Lipinski definition) is 4. The Morgan fingerprint density at radius 3 is 2.69 bits per heavy atom. The first-order valence-electron chi connectivity index (χ1n) is 4.70. The topological polar surface area (TPSA) is 96.0 Å². The van der Waals surface area contributed by atoms with Gasteiger partial charge in [-0.25, -0.2) is 8.42 Å². The molecule has 0 saturated heterocycles. The molecule has 0 bridgehead atoms. The van der Waals surface area contributed by atoms with Crippen LogP contribution in [-0.4, -0.2) is 13.7 Å². The summed E-state index contributed by atoms with van der Waals surface area (Å²) in [7, 11) is -3.66. The largest absolute Gasteiger partial charge is 0.326 e. The van der Waals surface area contributed by atoms with Crippen molar-refractivity contribution in [3.63, 3.8) is 0 Å². The van der Waals surface area contributed by atoms with Crippen molar-refractivity contribution in [1.29, 1.82) is 5.26 Å². The number of hydrogen-bond donors (Lipinski definition) is 2. The number of nitrogens with zero attached hydrogens (tertiary/aromatic N) is 1. The van der Waals surface area contributed by atoms with Gasteiger partial charge >= 0.3 is 0 Å². The Morgan fingerprint density at radius 1 is 1.50 bits per heavy atom. The van der Waals surface area contributed by atoms with Crippen molar-refractivity contribution in [3.05, 3.63) is 29.8 Å². The number of nitrogens with one attached hydrogen (secondary N) is 1. The van der Waals surface area contributed by atoms with E-state index in [9.17, 15) is 8.42 Å². The lowest BCUT2D eigenvalue weighted by Crippen LogP contribution is -2.24. The number of rotatable bonds is 4. The molecule has 1 aromatic rings. The molecule has 0 fully saturated rings. The van der Waals surface area contributed by atoms with E-state index in [2.05, 4.69) is 4.72 Å². The van der Waals surface area contributed by atoms with Crippen LogP contribution >= 0.6 is 0 Å². The third kappa shape index (κ3) is 2.72. The van der Waals surface area contributed by atoms with Gasteiger partial charge in [-0.1, -0.05) is 18.2 Å². The number of anilines is 1. The molecule has 1 rings (SSSR count). The second-order valence-electron chi connectivity index (χ2n) is 3.28. The minimum Gasteiger partial charge on any atom is -0.326 e. The monoisotopic (exact) mass is 239 g/mol. The minimum atomic E-state index is -3.66. The molecular weight excluding hydrogens is 226 g/mol. The van der Waals surface area contributed by atoms with Gasteiger partial charge in [-0.3, -0.25) is 4.72 Å². The van der Waals surface area contributed by atoms with Crippen LogP contribution in [-0.2, 0) is 16.6 Å². The molecule has 16 heavy (non-hydrogen) atoms. The molecular formula is C10H13N3O2S. The minimum absolute atomic E-state index is 0.236. The molecule has 3 N–H and O–H groups in total. The van der Waals surface area contributed by atoms with Crippen LogP contribution in [0, 0.1) is 11.3 Å². The third-order valence-corrected chi connectivity index (χ3v) is 3.68. The van der Waals surface area contributed by atoms with Gasteiger partial charge in [-0.05, 0) is 18.6 Å². The Labute approximate surface area is 94.9 Å². The van der Waals surface area contributed by atoms with Crippen LogP contribution in [0.2, 0.25) is 0 Å². The van der Waals surface area contributed by atoms with Crippen LogP contribution in [0.4, 0.5) is 5.69 Å². The number of nitriles is 1. The molecule has 0 aliphatic heterocycles. The maximum Gasteiger partial charge on any atom is 0.248 e. The normalized spacial score (nSPS) is 12.8. The highest BCUT2D eigenvalue weighted by Crippen LogP contribution is 2.17. The number of benzene rings is 1. The first kappa shape index (κ1) is 12.5. The van der Waals surface area contributed by atoms with E-state index < -0.39 is 15.3 Å². The van der Waals surface area contributed by atoms with Gasteiger partial charge in [0.1, 0.15) is 0 Å². The molecule has 0 aliphatic carbocycles. The van der Waals surface area contributed by atoms with Crippen LogP contribution in [0.1, 0.15) is 12.5 Å². The summed E-state index contributed by atoms with van der Waals surface area (Å²) in [5.74, 6) is 0. The number of para-hydroxylation sites is 1. The third-order valence-electron chi connectivity index (χ3n) is 2.14. The van der Waals surface area contributed by atoms with Gasteiger partial charge in [0.05, 0.1) is 11.8 Å². The first-order chi connectivity index (χ1) is 7.51. The zero-order valence-corrected chi connectivity index (χ0v) is 9.66. The van der Waals surface area contributed by atoms with Gasteiger partial charge in [0, 0.05) is 6.54 Å². The molecule has 86 valence electrons. The van der Waals surface area contributed by atoms with Crippen molar-refractivity contribution in [1.82, 2.24) is 0 Å². The lowest BCUT2D eigenvalue weighted by atomic mass is 10.2. The fourth-order valence-electron chi connectivity index (χ4n) is 1.11. The predicted molar refractivity (Wildman–Crippen MR) is 62.0 cm³/mol. The fraction of sp³-hybridized carbons (Fsp3) is 0.300. The molecule has 1 unspecified atom stereocenters. The lowest BCUT2D eigenvalue weighted by molar-refractivity contribution is 0.597. The van der Waals surface area contributed by atoms with Crippen molar-refractivity contribution in [2.45, 2.75) is 18.7 Å². The molecule has 0 aromatic heterocycles. The molecule has 0 radical (unpaired) electrons. The predicted octanol–water partition coefficient (Wildman–Crippen LogP) is 0.799. The van der Waals surface area contributed by atoms with Crippen molar-refractivity contribution >= 4 is 15.7 Å². The summed E-state index contributed by atoms with van der Waals surface area (Å²) < 4.78 is 25.6. The second kappa shape index (κ2) is 4.96. The Hall–Kier alpha value is -1.58. The molecule has 0 saturated carbocycles. The maximum atomic E-state index is 11.6. The van der Waals surface area contributed by atoms with Crippen molar-refractivity contribution < 1.29 is 8.42 Å². The van der Waals surface area contributed by atoms with Crippen molar-refractivity contribution in [2.75, 3.05) is 4.72 Å². The van der Waals surface area contributed by atoms with Gasteiger partial charge in [0.15, 0.2) is 5.25 Å². The highest BCUT2D eigenvalue weighted by molar-refractivity contribution is 7.93. The zero-order valence-electron chi connectivity index (χ0n) is 8.84. The van der Waals surface area contributed by atoms with Crippen LogP contribution in [0.25, 0.3) is 0 Å². The average molecular weight is 239 g/mol. The molecule has 0 amide bonds. The summed E-state index contributed by atoms with van der Waals surface area (Å²) in [5.41, 5.74) is 6.59. The van der Waals surface area contributed by atoms with Crippen molar-refractivity contribution in [3.8, 4) is 6.07 Å². The molecule has 6 heteroatoms. The Balaban J connectivity index is 3.02. The fourth-order valence-corrected chi connectivity index (χ4v) is 1.93. The van der Waals surface area contributed by atoms with E-state index in [1.165, 1.54) is 6.92 Å². The Kier molecular flexibility index (Phi) is 3.88. The maximum absolute atomic E-state index is 11.6. The molecule has 0 aliphatic rings. The highest BCUT2D eigenvalue weighted by Gasteiger charge is 2.20. The van der Waals surface area contributed by atoms with Gasteiger partial charge in [-0.15, -0.1) is 0 Å². The van der Waals surface area contributed by atoms with Crippen LogP contribution in [0.3, 0.4) is 0 Å². The number of nitrogens with two attached hydrogens (primary N) is 1. The van der Waals surface area contributed by atoms with E-state index >= 15 is 0 Å². The standard InChI is InChI=1S/C10H13N3O2S/c1-8(6-11)16(14,15)13-10-5-3-2-4-9(10)7-12/h2-5,8,13H,7,12H2,1H3. The molecule has 5 nitrogen and oxygen atoms in total. The summed E-state index contributed by atoms with van der Waals surface area (Å²) in [6.45, 7) is 1.56. The SMILES string of the molecule is CC(C#N)S(=O)(=O)Nc1ccccc1CN. The second-order valence-corrected chi connectivity index (χ2v) is 5.28. The molecule has 1 atom stereocenters. The molecule has 0 heterocycles. The summed E-state index contributed by atoms with van der Waals surface area (Å²) >= 11 is 0. The average Bonchev–Trinajstić information content (AvgIpc) is 2.28. The van der Waals surface area contributed by atoms with E-state index in [1.807, 2.05) is 0 Å². The van der Waals surface area contributed by atoms with Crippen LogP contribution in [0.15, 0.2) is 24.3 Å². The summed E-state index contributed by atoms with van der Waals surface area (Å²) in [6, 6.07) is 8.50. The summed E-state index contributed by atoms with van der Waals surface area (Å²) in [6.07, 6.45) is 0. The lowest BCUT2D eigenvalue weighted by Gasteiger charge is -2.12. The summed E-state index contributed by atoms with van der Waals surface area (Å²) in [4.78, 5) is 0. The van der Waals surface area contributed by atoms with E-state index in [1.54, 1.807) is 30.3 Å². The van der Waals surface area contributed by atoms with E-state index in [-0.39, 0.29) is 6.54 Å². The van der Waals surface area contributed by atoms with Gasteiger partial charge in [-0.2, -0.15) is 5.26 Å². The van der Waals surface area contributed by atoms with E-state index in [0.717, 1.165) is 0 Å².